The number of aliphatic hydroxyl groups excluding tert-OH is 1. The zero-order chi connectivity index (χ0) is 9.90. The number of nitrogens with one attached hydrogen (secondary N) is 1. The molecule has 0 unspecified atom stereocenters. The quantitative estimate of drug-likeness (QED) is 0.678. The first-order valence-electron chi connectivity index (χ1n) is 4.16. The first kappa shape index (κ1) is 9.91. The van der Waals surface area contributed by atoms with Gasteiger partial charge in [-0.1, -0.05) is 5.10 Å². The molecule has 0 aliphatic carbocycles. The maximum Gasteiger partial charge on any atom is 0.243 e. The molecule has 74 valence electrons. The molecule has 0 saturated carbocycles. The minimum Gasteiger partial charge on any atom is -0.396 e. The molecule has 0 aliphatic heterocycles. The molecule has 1 aromatic heterocycles. The molecule has 0 atom stereocenters. The van der Waals surface area contributed by atoms with Crippen molar-refractivity contribution in [2.24, 2.45) is 7.05 Å². The van der Waals surface area contributed by atoms with Gasteiger partial charge in [0.05, 0.1) is 0 Å². The highest BCUT2D eigenvalue weighted by molar-refractivity contribution is 5.25. The van der Waals surface area contributed by atoms with Crippen molar-refractivity contribution in [2.45, 2.75) is 25.8 Å². The molecule has 0 bridgehead atoms. The summed E-state index contributed by atoms with van der Waals surface area (Å²) in [4.78, 5) is 0. The molecule has 2 N–H and O–H groups in total. The van der Waals surface area contributed by atoms with Crippen LogP contribution in [0.15, 0.2) is 0 Å². The Morgan fingerprint density at radius 3 is 2.69 bits per heavy atom. The van der Waals surface area contributed by atoms with Crippen molar-refractivity contribution in [3.63, 3.8) is 0 Å². The molecule has 6 heteroatoms. The van der Waals surface area contributed by atoms with Gasteiger partial charge in [0.1, 0.15) is 0 Å². The zero-order valence-corrected chi connectivity index (χ0v) is 8.15. The van der Waals surface area contributed by atoms with E-state index >= 15 is 0 Å². The number of rotatable bonds is 4. The van der Waals surface area contributed by atoms with Crippen molar-refractivity contribution in [2.75, 3.05) is 11.9 Å². The van der Waals surface area contributed by atoms with Gasteiger partial charge in [0.15, 0.2) is 0 Å². The fourth-order valence-corrected chi connectivity index (χ4v) is 0.980. The molecule has 13 heavy (non-hydrogen) atoms. The summed E-state index contributed by atoms with van der Waals surface area (Å²) in [5, 5.41) is 22.9. The first-order valence-corrected chi connectivity index (χ1v) is 4.16. The Balaban J connectivity index is 2.63. The molecule has 0 amide bonds. The van der Waals surface area contributed by atoms with Gasteiger partial charge in [0.25, 0.3) is 0 Å². The van der Waals surface area contributed by atoms with Gasteiger partial charge < -0.3 is 10.4 Å². The van der Waals surface area contributed by atoms with E-state index in [9.17, 15) is 0 Å². The van der Waals surface area contributed by atoms with Crippen LogP contribution < -0.4 is 5.32 Å². The van der Waals surface area contributed by atoms with E-state index in [0.717, 1.165) is 0 Å². The van der Waals surface area contributed by atoms with Crippen LogP contribution in [0, 0.1) is 0 Å². The molecule has 6 nitrogen and oxygen atoms in total. The summed E-state index contributed by atoms with van der Waals surface area (Å²) in [6.07, 6.45) is 0.653. The average molecular weight is 185 g/mol. The number of hydrogen-bond acceptors (Lipinski definition) is 5. The minimum absolute atomic E-state index is 0.144. The molecule has 1 rings (SSSR count). The second-order valence-corrected chi connectivity index (χ2v) is 3.61. The van der Waals surface area contributed by atoms with Gasteiger partial charge >= 0.3 is 0 Å². The lowest BCUT2D eigenvalue weighted by molar-refractivity contribution is 0.260. The highest BCUT2D eigenvalue weighted by Crippen LogP contribution is 2.13. The molecule has 0 aliphatic rings. The van der Waals surface area contributed by atoms with Crippen LogP contribution in [-0.2, 0) is 7.05 Å². The van der Waals surface area contributed by atoms with E-state index in [0.29, 0.717) is 12.4 Å². The lowest BCUT2D eigenvalue weighted by Gasteiger charge is -2.24. The molecular weight excluding hydrogens is 170 g/mol. The minimum atomic E-state index is -0.197. The van der Waals surface area contributed by atoms with Crippen LogP contribution in [0.3, 0.4) is 0 Å². The Labute approximate surface area is 76.9 Å². The maximum atomic E-state index is 8.80. The highest BCUT2D eigenvalue weighted by atomic mass is 16.3. The molecule has 0 spiro atoms. The van der Waals surface area contributed by atoms with Crippen molar-refractivity contribution in [3.05, 3.63) is 0 Å². The monoisotopic (exact) mass is 185 g/mol. The number of aromatic nitrogens is 4. The molecule has 0 radical (unpaired) electrons. The first-order chi connectivity index (χ1) is 6.05. The largest absolute Gasteiger partial charge is 0.396 e. The Hall–Kier alpha value is -1.17. The zero-order valence-electron chi connectivity index (χ0n) is 8.15. The van der Waals surface area contributed by atoms with Gasteiger partial charge in [0.2, 0.25) is 5.95 Å². The van der Waals surface area contributed by atoms with Crippen LogP contribution in [0.4, 0.5) is 5.95 Å². The maximum absolute atomic E-state index is 8.80. The van der Waals surface area contributed by atoms with Gasteiger partial charge in [-0.05, 0) is 30.7 Å². The third kappa shape index (κ3) is 2.66. The number of tetrazole rings is 1. The van der Waals surface area contributed by atoms with Crippen molar-refractivity contribution in [1.29, 1.82) is 0 Å². The van der Waals surface area contributed by atoms with E-state index in [1.54, 1.807) is 11.7 Å². The Kier molecular flexibility index (Phi) is 2.82. The highest BCUT2D eigenvalue weighted by Gasteiger charge is 2.18. The number of aliphatic hydroxyl groups is 1. The molecular formula is C7H15N5O. The van der Waals surface area contributed by atoms with Crippen molar-refractivity contribution in [3.8, 4) is 0 Å². The van der Waals surface area contributed by atoms with Crippen LogP contribution >= 0.6 is 0 Å². The van der Waals surface area contributed by atoms with E-state index in [1.165, 1.54) is 0 Å². The summed E-state index contributed by atoms with van der Waals surface area (Å²) in [7, 11) is 1.76. The Morgan fingerprint density at radius 1 is 1.54 bits per heavy atom. The lowest BCUT2D eigenvalue weighted by Crippen LogP contribution is -2.33. The number of hydrogen-bond donors (Lipinski definition) is 2. The Bertz CT molecular complexity index is 270. The predicted octanol–water partition coefficient (Wildman–Crippen LogP) is -0.217. The normalized spacial score (nSPS) is 11.7. The standard InChI is InChI=1S/C7H15N5O/c1-7(2,4-5-13)8-6-9-10-11-12(6)3/h13H,4-5H2,1-3H3,(H,8,9,11). The van der Waals surface area contributed by atoms with Crippen LogP contribution in [0.2, 0.25) is 0 Å². The number of aryl methyl sites for hydroxylation is 1. The molecule has 1 heterocycles. The SMILES string of the molecule is Cn1nnnc1NC(C)(C)CCO. The topological polar surface area (TPSA) is 75.9 Å². The fraction of sp³-hybridized carbons (Fsp3) is 0.857. The van der Waals surface area contributed by atoms with E-state index in [4.69, 9.17) is 5.11 Å². The summed E-state index contributed by atoms with van der Waals surface area (Å²) in [5.41, 5.74) is -0.197. The third-order valence-corrected chi connectivity index (χ3v) is 1.81. The third-order valence-electron chi connectivity index (χ3n) is 1.81. The fourth-order valence-electron chi connectivity index (χ4n) is 0.980. The van der Waals surface area contributed by atoms with Gasteiger partial charge in [0, 0.05) is 19.2 Å². The van der Waals surface area contributed by atoms with Crippen LogP contribution in [0.5, 0.6) is 0 Å². The second kappa shape index (κ2) is 3.69. The molecule has 0 saturated heterocycles. The number of anilines is 1. The molecule has 0 fully saturated rings. The van der Waals surface area contributed by atoms with Crippen molar-refractivity contribution >= 4 is 5.95 Å². The Morgan fingerprint density at radius 2 is 2.23 bits per heavy atom. The molecule has 1 aromatic rings. The van der Waals surface area contributed by atoms with Gasteiger partial charge in [-0.3, -0.25) is 0 Å². The predicted molar refractivity (Wildman–Crippen MR) is 48.2 cm³/mol. The summed E-state index contributed by atoms with van der Waals surface area (Å²) < 4.78 is 1.55. The van der Waals surface area contributed by atoms with Crippen molar-refractivity contribution < 1.29 is 5.11 Å². The second-order valence-electron chi connectivity index (χ2n) is 3.61. The number of nitrogens with zero attached hydrogens (tertiary/aromatic N) is 4. The van der Waals surface area contributed by atoms with E-state index in [2.05, 4.69) is 20.8 Å². The smallest absolute Gasteiger partial charge is 0.243 e. The van der Waals surface area contributed by atoms with E-state index in [1.807, 2.05) is 13.8 Å². The lowest BCUT2D eigenvalue weighted by atomic mass is 10.0. The van der Waals surface area contributed by atoms with Gasteiger partial charge in [-0.25, -0.2) is 4.68 Å². The van der Waals surface area contributed by atoms with E-state index < -0.39 is 0 Å². The average Bonchev–Trinajstić information content (AvgIpc) is 2.35. The van der Waals surface area contributed by atoms with Gasteiger partial charge in [-0.15, -0.1) is 0 Å². The summed E-state index contributed by atoms with van der Waals surface area (Å²) in [5.74, 6) is 0.610. The van der Waals surface area contributed by atoms with Crippen molar-refractivity contribution in [1.82, 2.24) is 20.2 Å². The van der Waals surface area contributed by atoms with Crippen LogP contribution in [0.25, 0.3) is 0 Å². The summed E-state index contributed by atoms with van der Waals surface area (Å²) in [6.45, 7) is 4.11. The van der Waals surface area contributed by atoms with Crippen LogP contribution in [0.1, 0.15) is 20.3 Å². The van der Waals surface area contributed by atoms with Crippen LogP contribution in [-0.4, -0.2) is 37.5 Å². The van der Waals surface area contributed by atoms with E-state index in [-0.39, 0.29) is 12.1 Å². The summed E-state index contributed by atoms with van der Waals surface area (Å²) >= 11 is 0. The molecule has 0 aromatic carbocycles. The summed E-state index contributed by atoms with van der Waals surface area (Å²) in [6, 6.07) is 0. The van der Waals surface area contributed by atoms with Gasteiger partial charge in [-0.2, -0.15) is 0 Å².